The molecule has 0 rings (SSSR count). The van der Waals surface area contributed by atoms with Gasteiger partial charge in [0.25, 0.3) is 0 Å². The van der Waals surface area contributed by atoms with Gasteiger partial charge in [0.05, 0.1) is 6.04 Å². The first-order chi connectivity index (χ1) is 14.9. The summed E-state index contributed by atoms with van der Waals surface area (Å²) in [5.41, 5.74) is 11.3. The van der Waals surface area contributed by atoms with Gasteiger partial charge in [-0.25, -0.2) is 4.79 Å². The van der Waals surface area contributed by atoms with Gasteiger partial charge in [0, 0.05) is 5.75 Å². The monoisotopic (exact) mass is 475 g/mol. The van der Waals surface area contributed by atoms with E-state index in [9.17, 15) is 24.3 Å². The third-order valence-corrected chi connectivity index (χ3v) is 5.14. The fraction of sp³-hybridized carbons (Fsp3) is 0.810. The summed E-state index contributed by atoms with van der Waals surface area (Å²) in [7, 11) is 0. The third kappa shape index (κ3) is 12.3. The number of unbranched alkanes of at least 4 members (excludes halogenated alkanes) is 1. The summed E-state index contributed by atoms with van der Waals surface area (Å²) in [5.74, 6) is -2.51. The molecule has 4 atom stereocenters. The zero-order chi connectivity index (χ0) is 24.8. The van der Waals surface area contributed by atoms with Crippen LogP contribution in [0.1, 0.15) is 59.8 Å². The van der Waals surface area contributed by atoms with E-state index in [1.165, 1.54) is 0 Å². The fourth-order valence-corrected chi connectivity index (χ4v) is 3.34. The molecule has 8 N–H and O–H groups in total. The van der Waals surface area contributed by atoms with Crippen LogP contribution in [0, 0.1) is 11.8 Å². The van der Waals surface area contributed by atoms with E-state index in [0.29, 0.717) is 32.2 Å². The number of hydrogen-bond acceptors (Lipinski definition) is 7. The van der Waals surface area contributed by atoms with Gasteiger partial charge in [-0.1, -0.05) is 27.7 Å². The Morgan fingerprint density at radius 2 is 1.31 bits per heavy atom. The molecular formula is C21H41N5O5S. The number of carbonyl (C=O) groups excluding carboxylic acids is 3. The van der Waals surface area contributed by atoms with Gasteiger partial charge in [0.2, 0.25) is 17.7 Å². The number of carboxylic acids is 1. The summed E-state index contributed by atoms with van der Waals surface area (Å²) in [6.07, 6.45) is 2.20. The lowest BCUT2D eigenvalue weighted by atomic mass is 10.0. The molecule has 0 aliphatic heterocycles. The Bertz CT molecular complexity index is 617. The van der Waals surface area contributed by atoms with Gasteiger partial charge in [0.15, 0.2) is 0 Å². The molecule has 32 heavy (non-hydrogen) atoms. The third-order valence-electron chi connectivity index (χ3n) is 4.78. The molecule has 3 amide bonds. The number of carboxylic acid groups (broad SMARTS) is 1. The average Bonchev–Trinajstić information content (AvgIpc) is 2.69. The Kier molecular flexibility index (Phi) is 15.0. The predicted octanol–water partition coefficient (Wildman–Crippen LogP) is 0.00370. The number of hydrogen-bond donors (Lipinski definition) is 7. The van der Waals surface area contributed by atoms with Crippen molar-refractivity contribution in [1.82, 2.24) is 16.0 Å². The highest BCUT2D eigenvalue weighted by atomic mass is 32.1. The number of nitrogens with two attached hydrogens (primary N) is 2. The maximum absolute atomic E-state index is 12.8. The highest BCUT2D eigenvalue weighted by Gasteiger charge is 2.30. The SMILES string of the molecule is CC(C)C[C@H](NC(=O)[C@H](CS)NC(=O)[C@@H](N)CC(C)C)C(=O)N[C@@H](CCCCN)C(=O)O. The molecule has 0 aliphatic carbocycles. The van der Waals surface area contributed by atoms with Crippen molar-refractivity contribution >= 4 is 36.3 Å². The standard InChI is InChI=1S/C21H41N5O5S/c1-12(2)9-14(23)18(27)26-17(11-32)20(29)25-16(10-13(3)4)19(28)24-15(21(30)31)7-5-6-8-22/h12-17,32H,5-11,22-23H2,1-4H3,(H,24,28)(H,25,29)(H,26,27)(H,30,31)/t14-,15-,16-,17-/m0/s1. The molecule has 0 bridgehead atoms. The van der Waals surface area contributed by atoms with Gasteiger partial charge >= 0.3 is 5.97 Å². The second kappa shape index (κ2) is 15.9. The summed E-state index contributed by atoms with van der Waals surface area (Å²) >= 11 is 4.14. The number of aliphatic carboxylic acids is 1. The van der Waals surface area contributed by atoms with Gasteiger partial charge in [-0.2, -0.15) is 12.6 Å². The molecular weight excluding hydrogens is 434 g/mol. The molecule has 0 unspecified atom stereocenters. The summed E-state index contributed by atoms with van der Waals surface area (Å²) in [6, 6.07) is -3.77. The van der Waals surface area contributed by atoms with E-state index in [1.54, 1.807) is 0 Å². The van der Waals surface area contributed by atoms with Gasteiger partial charge in [-0.05, 0) is 50.5 Å². The van der Waals surface area contributed by atoms with E-state index in [-0.39, 0.29) is 24.0 Å². The van der Waals surface area contributed by atoms with Crippen molar-refractivity contribution in [2.45, 2.75) is 84.0 Å². The quantitative estimate of drug-likeness (QED) is 0.121. The van der Waals surface area contributed by atoms with Crippen molar-refractivity contribution in [2.24, 2.45) is 23.3 Å². The van der Waals surface area contributed by atoms with Crippen molar-refractivity contribution in [1.29, 1.82) is 0 Å². The van der Waals surface area contributed by atoms with Crippen LogP contribution in [-0.2, 0) is 19.2 Å². The van der Waals surface area contributed by atoms with Crippen molar-refractivity contribution in [3.63, 3.8) is 0 Å². The molecule has 0 spiro atoms. The first-order valence-corrected chi connectivity index (χ1v) is 11.8. The van der Waals surface area contributed by atoms with Gasteiger partial charge in [0.1, 0.15) is 18.1 Å². The minimum atomic E-state index is -1.15. The summed E-state index contributed by atoms with van der Waals surface area (Å²) in [6.45, 7) is 8.07. The Morgan fingerprint density at radius 1 is 0.812 bits per heavy atom. The molecule has 0 fully saturated rings. The number of nitrogens with one attached hydrogen (secondary N) is 3. The van der Waals surface area contributed by atoms with Crippen molar-refractivity contribution in [3.05, 3.63) is 0 Å². The van der Waals surface area contributed by atoms with Crippen LogP contribution < -0.4 is 27.4 Å². The summed E-state index contributed by atoms with van der Waals surface area (Å²) < 4.78 is 0. The van der Waals surface area contributed by atoms with E-state index in [1.807, 2.05) is 27.7 Å². The van der Waals surface area contributed by atoms with Gasteiger partial charge in [-0.3, -0.25) is 14.4 Å². The molecule has 0 aromatic carbocycles. The topological polar surface area (TPSA) is 177 Å². The van der Waals surface area contributed by atoms with E-state index < -0.39 is 47.9 Å². The lowest BCUT2D eigenvalue weighted by molar-refractivity contribution is -0.142. The highest BCUT2D eigenvalue weighted by molar-refractivity contribution is 7.80. The van der Waals surface area contributed by atoms with Gasteiger partial charge < -0.3 is 32.5 Å². The first-order valence-electron chi connectivity index (χ1n) is 11.1. The first kappa shape index (κ1) is 30.1. The molecule has 0 heterocycles. The van der Waals surface area contributed by atoms with E-state index in [0.717, 1.165) is 0 Å². The number of rotatable bonds is 16. The smallest absolute Gasteiger partial charge is 0.326 e. The number of carbonyl (C=O) groups is 4. The molecule has 0 aliphatic rings. The second-order valence-electron chi connectivity index (χ2n) is 8.85. The average molecular weight is 476 g/mol. The minimum absolute atomic E-state index is 0.0127. The zero-order valence-corrected chi connectivity index (χ0v) is 20.5. The molecule has 186 valence electrons. The maximum atomic E-state index is 12.8. The van der Waals surface area contributed by atoms with Crippen molar-refractivity contribution < 1.29 is 24.3 Å². The van der Waals surface area contributed by atoms with Crippen molar-refractivity contribution in [2.75, 3.05) is 12.3 Å². The molecule has 0 radical (unpaired) electrons. The van der Waals surface area contributed by atoms with Crippen LogP contribution in [0.2, 0.25) is 0 Å². The van der Waals surface area contributed by atoms with Crippen LogP contribution in [0.4, 0.5) is 0 Å². The Balaban J connectivity index is 5.20. The Labute approximate surface area is 196 Å². The van der Waals surface area contributed by atoms with Crippen LogP contribution >= 0.6 is 12.6 Å². The Hall–Kier alpha value is -1.85. The van der Waals surface area contributed by atoms with E-state index in [4.69, 9.17) is 11.5 Å². The fourth-order valence-electron chi connectivity index (χ4n) is 3.09. The minimum Gasteiger partial charge on any atom is -0.480 e. The predicted molar refractivity (Wildman–Crippen MR) is 127 cm³/mol. The molecule has 0 saturated carbocycles. The normalized spacial score (nSPS) is 15.0. The Morgan fingerprint density at radius 3 is 1.78 bits per heavy atom. The summed E-state index contributed by atoms with van der Waals surface area (Å²) in [5, 5.41) is 17.1. The maximum Gasteiger partial charge on any atom is 0.326 e. The van der Waals surface area contributed by atoms with Crippen LogP contribution in [0.25, 0.3) is 0 Å². The lowest BCUT2D eigenvalue weighted by Crippen LogP contribution is -2.58. The van der Waals surface area contributed by atoms with Crippen LogP contribution in [0.3, 0.4) is 0 Å². The van der Waals surface area contributed by atoms with Crippen LogP contribution in [0.15, 0.2) is 0 Å². The summed E-state index contributed by atoms with van der Waals surface area (Å²) in [4.78, 5) is 49.3. The van der Waals surface area contributed by atoms with Crippen molar-refractivity contribution in [3.8, 4) is 0 Å². The van der Waals surface area contributed by atoms with Gasteiger partial charge in [-0.15, -0.1) is 0 Å². The molecule has 0 saturated heterocycles. The van der Waals surface area contributed by atoms with Crippen LogP contribution in [-0.4, -0.2) is 65.3 Å². The zero-order valence-electron chi connectivity index (χ0n) is 19.6. The molecule has 11 heteroatoms. The molecule has 10 nitrogen and oxygen atoms in total. The molecule has 0 aromatic heterocycles. The second-order valence-corrected chi connectivity index (χ2v) is 9.22. The van der Waals surface area contributed by atoms with E-state index >= 15 is 0 Å². The number of thiol groups is 1. The largest absolute Gasteiger partial charge is 0.480 e. The van der Waals surface area contributed by atoms with E-state index in [2.05, 4.69) is 28.6 Å². The number of amides is 3. The highest BCUT2D eigenvalue weighted by Crippen LogP contribution is 2.08. The molecule has 0 aromatic rings. The lowest BCUT2D eigenvalue weighted by Gasteiger charge is -2.25. The van der Waals surface area contributed by atoms with Crippen LogP contribution in [0.5, 0.6) is 0 Å².